The summed E-state index contributed by atoms with van der Waals surface area (Å²) in [7, 11) is 0. The third kappa shape index (κ3) is 3.24. The number of rotatable bonds is 5. The van der Waals surface area contributed by atoms with Crippen molar-refractivity contribution in [2.24, 2.45) is 0 Å². The van der Waals surface area contributed by atoms with Gasteiger partial charge in [-0.3, -0.25) is 0 Å². The standard InChI is InChI=1S/C10H11Br2FO/c11-6-2-3-8-9(12)4-1-5-10(8)14-7-13/h1,4-5H,2-3,6-7H2. The van der Waals surface area contributed by atoms with Crippen molar-refractivity contribution in [1.29, 1.82) is 0 Å². The van der Waals surface area contributed by atoms with Gasteiger partial charge in [-0.2, -0.15) is 0 Å². The van der Waals surface area contributed by atoms with Crippen molar-refractivity contribution in [1.82, 2.24) is 0 Å². The van der Waals surface area contributed by atoms with Crippen LogP contribution in [0.3, 0.4) is 0 Å². The van der Waals surface area contributed by atoms with Gasteiger partial charge in [0.2, 0.25) is 6.86 Å². The highest BCUT2D eigenvalue weighted by molar-refractivity contribution is 9.10. The van der Waals surface area contributed by atoms with Crippen molar-refractivity contribution in [2.75, 3.05) is 12.2 Å². The molecule has 1 rings (SSSR count). The van der Waals surface area contributed by atoms with Crippen molar-refractivity contribution < 1.29 is 9.13 Å². The molecule has 0 atom stereocenters. The lowest BCUT2D eigenvalue weighted by Gasteiger charge is -2.10. The molecule has 78 valence electrons. The smallest absolute Gasteiger partial charge is 0.228 e. The molecule has 0 spiro atoms. The second kappa shape index (κ2) is 6.40. The summed E-state index contributed by atoms with van der Waals surface area (Å²) in [6.07, 6.45) is 1.88. The summed E-state index contributed by atoms with van der Waals surface area (Å²) in [5, 5.41) is 0.934. The van der Waals surface area contributed by atoms with Crippen molar-refractivity contribution in [3.05, 3.63) is 28.2 Å². The Morgan fingerprint density at radius 3 is 2.79 bits per heavy atom. The van der Waals surface area contributed by atoms with Gasteiger partial charge in [-0.15, -0.1) is 0 Å². The van der Waals surface area contributed by atoms with E-state index in [4.69, 9.17) is 4.74 Å². The third-order valence-corrected chi connectivity index (χ3v) is 3.15. The van der Waals surface area contributed by atoms with E-state index in [2.05, 4.69) is 31.9 Å². The molecule has 1 nitrogen and oxygen atoms in total. The molecule has 14 heavy (non-hydrogen) atoms. The number of hydrogen-bond acceptors (Lipinski definition) is 1. The van der Waals surface area contributed by atoms with Gasteiger partial charge >= 0.3 is 0 Å². The summed E-state index contributed by atoms with van der Waals surface area (Å²) in [4.78, 5) is 0. The zero-order chi connectivity index (χ0) is 10.4. The molecule has 4 heteroatoms. The predicted molar refractivity (Wildman–Crippen MR) is 62.9 cm³/mol. The van der Waals surface area contributed by atoms with E-state index in [0.717, 1.165) is 28.2 Å². The van der Waals surface area contributed by atoms with E-state index in [1.54, 1.807) is 6.07 Å². The van der Waals surface area contributed by atoms with Crippen LogP contribution in [0.15, 0.2) is 22.7 Å². The molecule has 0 aliphatic rings. The van der Waals surface area contributed by atoms with Crippen molar-refractivity contribution in [2.45, 2.75) is 12.8 Å². The molecular weight excluding hydrogens is 315 g/mol. The van der Waals surface area contributed by atoms with E-state index < -0.39 is 6.86 Å². The molecule has 0 aliphatic carbocycles. The van der Waals surface area contributed by atoms with E-state index in [1.165, 1.54) is 0 Å². The van der Waals surface area contributed by atoms with Gasteiger partial charge in [-0.25, -0.2) is 4.39 Å². The highest BCUT2D eigenvalue weighted by Crippen LogP contribution is 2.28. The fraction of sp³-hybridized carbons (Fsp3) is 0.400. The van der Waals surface area contributed by atoms with Crippen LogP contribution in [0.2, 0.25) is 0 Å². The van der Waals surface area contributed by atoms with Gasteiger partial charge in [0, 0.05) is 15.4 Å². The normalized spacial score (nSPS) is 10.2. The van der Waals surface area contributed by atoms with E-state index in [1.807, 2.05) is 12.1 Å². The maximum atomic E-state index is 12.1. The molecule has 0 radical (unpaired) electrons. The highest BCUT2D eigenvalue weighted by Gasteiger charge is 2.06. The van der Waals surface area contributed by atoms with Crippen LogP contribution in [0.5, 0.6) is 5.75 Å². The molecule has 0 aliphatic heterocycles. The number of benzene rings is 1. The summed E-state index contributed by atoms with van der Waals surface area (Å²) >= 11 is 6.79. The van der Waals surface area contributed by atoms with Gasteiger partial charge < -0.3 is 4.74 Å². The Kier molecular flexibility index (Phi) is 5.48. The Morgan fingerprint density at radius 1 is 1.36 bits per heavy atom. The van der Waals surface area contributed by atoms with Crippen molar-refractivity contribution >= 4 is 31.9 Å². The lowest BCUT2D eigenvalue weighted by atomic mass is 10.1. The van der Waals surface area contributed by atoms with E-state index >= 15 is 0 Å². The Balaban J connectivity index is 2.84. The van der Waals surface area contributed by atoms with Crippen LogP contribution in [0.4, 0.5) is 4.39 Å². The number of hydrogen-bond donors (Lipinski definition) is 0. The van der Waals surface area contributed by atoms with E-state index in [-0.39, 0.29) is 0 Å². The van der Waals surface area contributed by atoms with E-state index in [0.29, 0.717) is 5.75 Å². The predicted octanol–water partition coefficient (Wildman–Crippen LogP) is 4.08. The fourth-order valence-electron chi connectivity index (χ4n) is 1.22. The number of halogens is 3. The van der Waals surface area contributed by atoms with Crippen LogP contribution in [0, 0.1) is 0 Å². The molecule has 0 saturated carbocycles. The molecule has 0 fully saturated rings. The molecule has 0 N–H and O–H groups in total. The fourth-order valence-corrected chi connectivity index (χ4v) is 2.05. The molecule has 0 heterocycles. The summed E-state index contributed by atoms with van der Waals surface area (Å²) in [6, 6.07) is 5.56. The molecule has 0 bridgehead atoms. The quantitative estimate of drug-likeness (QED) is 0.741. The zero-order valence-electron chi connectivity index (χ0n) is 7.60. The van der Waals surface area contributed by atoms with Crippen molar-refractivity contribution in [3.63, 3.8) is 0 Å². The van der Waals surface area contributed by atoms with Crippen LogP contribution < -0.4 is 4.74 Å². The highest BCUT2D eigenvalue weighted by atomic mass is 79.9. The first-order valence-electron chi connectivity index (χ1n) is 4.31. The summed E-state index contributed by atoms with van der Waals surface area (Å²) < 4.78 is 17.9. The van der Waals surface area contributed by atoms with Crippen LogP contribution in [-0.4, -0.2) is 12.2 Å². The van der Waals surface area contributed by atoms with E-state index in [9.17, 15) is 4.39 Å². The molecule has 0 aromatic heterocycles. The lowest BCUT2D eigenvalue weighted by Crippen LogP contribution is -1.97. The Labute approximate surface area is 99.9 Å². The van der Waals surface area contributed by atoms with Crippen LogP contribution >= 0.6 is 31.9 Å². The Hall–Kier alpha value is -0.0900. The van der Waals surface area contributed by atoms with Crippen LogP contribution in [0.25, 0.3) is 0 Å². The molecule has 0 saturated heterocycles. The van der Waals surface area contributed by atoms with Gasteiger partial charge in [0.15, 0.2) is 0 Å². The summed E-state index contributed by atoms with van der Waals surface area (Å²) in [5.41, 5.74) is 1.03. The van der Waals surface area contributed by atoms with Gasteiger partial charge in [-0.05, 0) is 25.0 Å². The molecule has 1 aromatic carbocycles. The monoisotopic (exact) mass is 324 g/mol. The minimum atomic E-state index is -0.780. The maximum Gasteiger partial charge on any atom is 0.228 e. The summed E-state index contributed by atoms with van der Waals surface area (Å²) in [6.45, 7) is -0.780. The average molecular weight is 326 g/mol. The second-order valence-corrected chi connectivity index (χ2v) is 4.41. The first kappa shape index (κ1) is 12.0. The first-order valence-corrected chi connectivity index (χ1v) is 6.23. The largest absolute Gasteiger partial charge is 0.463 e. The Morgan fingerprint density at radius 2 is 2.14 bits per heavy atom. The topological polar surface area (TPSA) is 9.23 Å². The minimum absolute atomic E-state index is 0.628. The third-order valence-electron chi connectivity index (χ3n) is 1.85. The first-order chi connectivity index (χ1) is 6.79. The molecule has 0 amide bonds. The Bertz CT molecular complexity index is 291. The molecule has 0 unspecified atom stereocenters. The van der Waals surface area contributed by atoms with Crippen LogP contribution in [-0.2, 0) is 6.42 Å². The average Bonchev–Trinajstić information content (AvgIpc) is 2.18. The molecule has 1 aromatic rings. The number of alkyl halides is 2. The van der Waals surface area contributed by atoms with Crippen LogP contribution in [0.1, 0.15) is 12.0 Å². The van der Waals surface area contributed by atoms with Gasteiger partial charge in [0.25, 0.3) is 0 Å². The van der Waals surface area contributed by atoms with Crippen molar-refractivity contribution in [3.8, 4) is 5.75 Å². The van der Waals surface area contributed by atoms with Gasteiger partial charge in [0.05, 0.1) is 0 Å². The molecular formula is C10H11Br2FO. The summed E-state index contributed by atoms with van der Waals surface area (Å²) in [5.74, 6) is 0.628. The second-order valence-electron chi connectivity index (χ2n) is 2.76. The number of ether oxygens (including phenoxy) is 1. The maximum absolute atomic E-state index is 12.1. The van der Waals surface area contributed by atoms with Gasteiger partial charge in [-0.1, -0.05) is 37.9 Å². The zero-order valence-corrected chi connectivity index (χ0v) is 10.8. The van der Waals surface area contributed by atoms with Gasteiger partial charge in [0.1, 0.15) is 5.75 Å². The minimum Gasteiger partial charge on any atom is -0.463 e. The lowest BCUT2D eigenvalue weighted by molar-refractivity contribution is 0.190. The SMILES string of the molecule is FCOc1cccc(Br)c1CCCBr.